The van der Waals surface area contributed by atoms with Crippen molar-refractivity contribution < 1.29 is 4.79 Å². The maximum atomic E-state index is 11.3. The van der Waals surface area contributed by atoms with Crippen LogP contribution < -0.4 is 10.6 Å². The van der Waals surface area contributed by atoms with Crippen LogP contribution in [0.5, 0.6) is 0 Å². The summed E-state index contributed by atoms with van der Waals surface area (Å²) in [4.78, 5) is 11.3. The number of nitrogens with zero attached hydrogens (tertiary/aromatic N) is 1. The van der Waals surface area contributed by atoms with Crippen molar-refractivity contribution in [2.45, 2.75) is 26.4 Å². The summed E-state index contributed by atoms with van der Waals surface area (Å²) in [5.74, 6) is 0.0526. The fourth-order valence-electron chi connectivity index (χ4n) is 1.40. The normalized spacial score (nSPS) is 12.5. The molecule has 4 heteroatoms. The van der Waals surface area contributed by atoms with Gasteiger partial charge in [-0.2, -0.15) is 0 Å². The van der Waals surface area contributed by atoms with Crippen molar-refractivity contribution >= 4 is 5.91 Å². The Hall–Kier alpha value is -1.29. The minimum atomic E-state index is 0.0526. The molecule has 0 aromatic carbocycles. The maximum Gasteiger partial charge on any atom is 0.239 e. The number of likely N-dealkylation sites (N-methyl/N-ethyl adjacent to an activating group) is 1. The summed E-state index contributed by atoms with van der Waals surface area (Å²) in [7, 11) is 1.92. The molecule has 0 radical (unpaired) electrons. The molecule has 1 rings (SSSR count). The van der Waals surface area contributed by atoms with Crippen molar-refractivity contribution in [1.29, 1.82) is 0 Å². The number of amides is 1. The van der Waals surface area contributed by atoms with Gasteiger partial charge in [0.25, 0.3) is 0 Å². The fourth-order valence-corrected chi connectivity index (χ4v) is 1.40. The Morgan fingerprint density at radius 3 is 2.93 bits per heavy atom. The number of aromatic nitrogens is 1. The van der Waals surface area contributed by atoms with E-state index in [4.69, 9.17) is 0 Å². The standard InChI is InChI=1S/C11H19N3O/c1-4-13-11(15)8-14-6-5-10(7-14)9(2)12-3/h5-7,9,12H,4,8H2,1-3H3,(H,13,15). The quantitative estimate of drug-likeness (QED) is 0.757. The molecule has 1 aromatic heterocycles. The summed E-state index contributed by atoms with van der Waals surface area (Å²) in [6, 6.07) is 2.35. The van der Waals surface area contributed by atoms with E-state index in [1.807, 2.05) is 37.0 Å². The second kappa shape index (κ2) is 5.56. The highest BCUT2D eigenvalue weighted by Gasteiger charge is 2.06. The summed E-state index contributed by atoms with van der Waals surface area (Å²) in [6.07, 6.45) is 3.93. The highest BCUT2D eigenvalue weighted by Crippen LogP contribution is 2.11. The number of carbonyl (C=O) groups excluding carboxylic acids is 1. The largest absolute Gasteiger partial charge is 0.355 e. The molecule has 1 aromatic rings. The first kappa shape index (κ1) is 11.8. The molecular formula is C11H19N3O. The minimum Gasteiger partial charge on any atom is -0.355 e. The Morgan fingerprint density at radius 2 is 2.33 bits per heavy atom. The third-order valence-electron chi connectivity index (χ3n) is 2.41. The number of hydrogen-bond acceptors (Lipinski definition) is 2. The smallest absolute Gasteiger partial charge is 0.239 e. The summed E-state index contributed by atoms with van der Waals surface area (Å²) in [6.45, 7) is 5.08. The van der Waals surface area contributed by atoms with Crippen LogP contribution in [-0.2, 0) is 11.3 Å². The molecule has 0 saturated heterocycles. The van der Waals surface area contributed by atoms with Crippen molar-refractivity contribution in [2.24, 2.45) is 0 Å². The molecule has 84 valence electrons. The van der Waals surface area contributed by atoms with E-state index in [9.17, 15) is 4.79 Å². The van der Waals surface area contributed by atoms with E-state index in [-0.39, 0.29) is 5.91 Å². The number of carbonyl (C=O) groups is 1. The van der Waals surface area contributed by atoms with Gasteiger partial charge in [0, 0.05) is 25.0 Å². The molecule has 1 heterocycles. The zero-order valence-corrected chi connectivity index (χ0v) is 9.58. The number of hydrogen-bond donors (Lipinski definition) is 2. The first-order valence-electron chi connectivity index (χ1n) is 5.27. The third kappa shape index (κ3) is 3.40. The van der Waals surface area contributed by atoms with Crippen molar-refractivity contribution in [1.82, 2.24) is 15.2 Å². The van der Waals surface area contributed by atoms with E-state index in [1.54, 1.807) is 0 Å². The molecule has 0 saturated carbocycles. The fraction of sp³-hybridized carbons (Fsp3) is 0.545. The van der Waals surface area contributed by atoms with Crippen LogP contribution in [0.3, 0.4) is 0 Å². The third-order valence-corrected chi connectivity index (χ3v) is 2.41. The topological polar surface area (TPSA) is 46.1 Å². The lowest BCUT2D eigenvalue weighted by Gasteiger charge is -2.07. The molecule has 2 N–H and O–H groups in total. The van der Waals surface area contributed by atoms with Gasteiger partial charge >= 0.3 is 0 Å². The van der Waals surface area contributed by atoms with Crippen LogP contribution in [0, 0.1) is 0 Å². The molecule has 0 bridgehead atoms. The van der Waals surface area contributed by atoms with Gasteiger partial charge in [0.2, 0.25) is 5.91 Å². The van der Waals surface area contributed by atoms with Crippen LogP contribution >= 0.6 is 0 Å². The molecule has 1 amide bonds. The Labute approximate surface area is 90.7 Å². The van der Waals surface area contributed by atoms with E-state index >= 15 is 0 Å². The Bertz CT molecular complexity index is 319. The van der Waals surface area contributed by atoms with Gasteiger partial charge in [-0.3, -0.25) is 4.79 Å². The number of nitrogens with one attached hydrogen (secondary N) is 2. The molecule has 1 atom stereocenters. The van der Waals surface area contributed by atoms with E-state index in [1.165, 1.54) is 5.56 Å². The molecule has 0 aliphatic heterocycles. The van der Waals surface area contributed by atoms with Crippen LogP contribution in [0.2, 0.25) is 0 Å². The second-order valence-corrected chi connectivity index (χ2v) is 3.58. The summed E-state index contributed by atoms with van der Waals surface area (Å²) in [5, 5.41) is 5.93. The monoisotopic (exact) mass is 209 g/mol. The van der Waals surface area contributed by atoms with Gasteiger partial charge in [0.15, 0.2) is 0 Å². The predicted octanol–water partition coefficient (Wildman–Crippen LogP) is 0.905. The lowest BCUT2D eigenvalue weighted by atomic mass is 10.2. The van der Waals surface area contributed by atoms with Gasteiger partial charge < -0.3 is 15.2 Å². The molecule has 0 aliphatic carbocycles. The molecule has 1 unspecified atom stereocenters. The van der Waals surface area contributed by atoms with Crippen molar-refractivity contribution in [3.05, 3.63) is 24.0 Å². The predicted molar refractivity (Wildman–Crippen MR) is 60.6 cm³/mol. The number of rotatable bonds is 5. The average Bonchev–Trinajstić information content (AvgIpc) is 2.65. The second-order valence-electron chi connectivity index (χ2n) is 3.58. The zero-order chi connectivity index (χ0) is 11.3. The highest BCUT2D eigenvalue weighted by atomic mass is 16.1. The van der Waals surface area contributed by atoms with Gasteiger partial charge in [0.1, 0.15) is 6.54 Å². The van der Waals surface area contributed by atoms with Gasteiger partial charge in [-0.25, -0.2) is 0 Å². The first-order valence-corrected chi connectivity index (χ1v) is 5.27. The lowest BCUT2D eigenvalue weighted by molar-refractivity contribution is -0.121. The molecule has 15 heavy (non-hydrogen) atoms. The molecule has 0 spiro atoms. The molecule has 0 fully saturated rings. The average molecular weight is 209 g/mol. The Balaban J connectivity index is 2.56. The summed E-state index contributed by atoms with van der Waals surface area (Å²) >= 11 is 0. The van der Waals surface area contributed by atoms with E-state index < -0.39 is 0 Å². The summed E-state index contributed by atoms with van der Waals surface area (Å²) in [5.41, 5.74) is 1.20. The first-order chi connectivity index (χ1) is 7.17. The minimum absolute atomic E-state index is 0.0526. The van der Waals surface area contributed by atoms with Crippen molar-refractivity contribution in [3.63, 3.8) is 0 Å². The lowest BCUT2D eigenvalue weighted by Crippen LogP contribution is -2.26. The SMILES string of the molecule is CCNC(=O)Cn1ccc(C(C)NC)c1. The van der Waals surface area contributed by atoms with Crippen molar-refractivity contribution in [3.8, 4) is 0 Å². The van der Waals surface area contributed by atoms with E-state index in [0.29, 0.717) is 19.1 Å². The molecule has 4 nitrogen and oxygen atoms in total. The van der Waals surface area contributed by atoms with Crippen molar-refractivity contribution in [2.75, 3.05) is 13.6 Å². The van der Waals surface area contributed by atoms with Crippen LogP contribution in [0.25, 0.3) is 0 Å². The van der Waals surface area contributed by atoms with E-state index in [2.05, 4.69) is 17.6 Å². The highest BCUT2D eigenvalue weighted by molar-refractivity contribution is 5.75. The van der Waals surface area contributed by atoms with Crippen LogP contribution in [0.1, 0.15) is 25.5 Å². The maximum absolute atomic E-state index is 11.3. The van der Waals surface area contributed by atoms with Crippen LogP contribution in [-0.4, -0.2) is 24.1 Å². The van der Waals surface area contributed by atoms with Gasteiger partial charge in [0.05, 0.1) is 0 Å². The van der Waals surface area contributed by atoms with Crippen LogP contribution in [0.4, 0.5) is 0 Å². The Morgan fingerprint density at radius 1 is 1.60 bits per heavy atom. The van der Waals surface area contributed by atoms with Crippen LogP contribution in [0.15, 0.2) is 18.5 Å². The van der Waals surface area contributed by atoms with Gasteiger partial charge in [-0.15, -0.1) is 0 Å². The Kier molecular flexibility index (Phi) is 4.37. The van der Waals surface area contributed by atoms with Gasteiger partial charge in [-0.1, -0.05) is 0 Å². The summed E-state index contributed by atoms with van der Waals surface area (Å²) < 4.78 is 1.90. The molecular weight excluding hydrogens is 190 g/mol. The van der Waals surface area contributed by atoms with E-state index in [0.717, 1.165) is 0 Å². The zero-order valence-electron chi connectivity index (χ0n) is 9.58. The molecule has 0 aliphatic rings. The van der Waals surface area contributed by atoms with Gasteiger partial charge in [-0.05, 0) is 32.5 Å².